The average molecular weight is 432 g/mol. The van der Waals surface area contributed by atoms with Crippen LogP contribution in [-0.4, -0.2) is 57.0 Å². The van der Waals surface area contributed by atoms with Gasteiger partial charge in [-0.3, -0.25) is 9.59 Å². The molecular formula is C18H26ClN3O5S. The lowest BCUT2D eigenvalue weighted by Gasteiger charge is -2.34. The van der Waals surface area contributed by atoms with Crippen LogP contribution in [0.5, 0.6) is 0 Å². The maximum atomic E-state index is 12.9. The van der Waals surface area contributed by atoms with Crippen LogP contribution in [0.1, 0.15) is 26.7 Å². The molecule has 10 heteroatoms. The van der Waals surface area contributed by atoms with Crippen molar-refractivity contribution in [2.24, 2.45) is 5.92 Å². The lowest BCUT2D eigenvalue weighted by Crippen LogP contribution is -2.53. The van der Waals surface area contributed by atoms with Crippen LogP contribution in [0.3, 0.4) is 0 Å². The molecule has 0 saturated carbocycles. The van der Waals surface area contributed by atoms with Crippen LogP contribution in [0.4, 0.5) is 0 Å². The van der Waals surface area contributed by atoms with Gasteiger partial charge in [-0.2, -0.15) is 4.31 Å². The van der Waals surface area contributed by atoms with Gasteiger partial charge < -0.3 is 15.4 Å². The molecule has 2 amide bonds. The molecule has 1 heterocycles. The van der Waals surface area contributed by atoms with E-state index in [4.69, 9.17) is 16.3 Å². The molecule has 1 aromatic rings. The second kappa shape index (κ2) is 10.2. The van der Waals surface area contributed by atoms with Crippen LogP contribution in [-0.2, 0) is 24.3 Å². The van der Waals surface area contributed by atoms with Gasteiger partial charge in [0.05, 0.1) is 18.0 Å². The molecule has 1 atom stereocenters. The van der Waals surface area contributed by atoms with Gasteiger partial charge in [0, 0.05) is 18.1 Å². The summed E-state index contributed by atoms with van der Waals surface area (Å²) in [6.45, 7) is 4.94. The molecule has 0 unspecified atom stereocenters. The summed E-state index contributed by atoms with van der Waals surface area (Å²) >= 11 is 5.83. The van der Waals surface area contributed by atoms with Crippen LogP contribution < -0.4 is 10.6 Å². The average Bonchev–Trinajstić information content (AvgIpc) is 2.66. The second-order valence-corrected chi connectivity index (χ2v) is 9.22. The van der Waals surface area contributed by atoms with E-state index in [-0.39, 0.29) is 18.0 Å². The van der Waals surface area contributed by atoms with Crippen molar-refractivity contribution >= 4 is 33.4 Å². The number of carbonyl (C=O) groups excluding carboxylic acids is 2. The molecule has 1 aliphatic heterocycles. The second-order valence-electron chi connectivity index (χ2n) is 6.90. The minimum absolute atomic E-state index is 0.0881. The third-order valence-corrected chi connectivity index (χ3v) is 6.38. The summed E-state index contributed by atoms with van der Waals surface area (Å²) in [5.41, 5.74) is 0. The number of hydrogen-bond donors (Lipinski definition) is 2. The number of benzene rings is 1. The van der Waals surface area contributed by atoms with Crippen molar-refractivity contribution in [2.75, 3.05) is 26.2 Å². The molecule has 0 bridgehead atoms. The molecule has 0 radical (unpaired) electrons. The first-order valence-corrected chi connectivity index (χ1v) is 11.0. The summed E-state index contributed by atoms with van der Waals surface area (Å²) in [6, 6.07) is 5.84. The zero-order valence-electron chi connectivity index (χ0n) is 16.0. The molecule has 28 heavy (non-hydrogen) atoms. The van der Waals surface area contributed by atoms with Gasteiger partial charge in [0.2, 0.25) is 10.0 Å². The van der Waals surface area contributed by atoms with Crippen LogP contribution >= 0.6 is 11.6 Å². The Morgan fingerprint density at radius 1 is 1.21 bits per heavy atom. The predicted molar refractivity (Wildman–Crippen MR) is 105 cm³/mol. The van der Waals surface area contributed by atoms with E-state index >= 15 is 0 Å². The van der Waals surface area contributed by atoms with Gasteiger partial charge in [0.1, 0.15) is 6.23 Å². The van der Waals surface area contributed by atoms with Crippen molar-refractivity contribution in [1.29, 1.82) is 0 Å². The zero-order valence-corrected chi connectivity index (χ0v) is 17.6. The van der Waals surface area contributed by atoms with E-state index in [1.54, 1.807) is 0 Å². The van der Waals surface area contributed by atoms with E-state index in [0.717, 1.165) is 6.42 Å². The van der Waals surface area contributed by atoms with E-state index < -0.39 is 28.1 Å². The molecule has 8 nitrogen and oxygen atoms in total. The summed E-state index contributed by atoms with van der Waals surface area (Å²) in [5, 5.41) is 5.42. The first kappa shape index (κ1) is 22.6. The van der Waals surface area contributed by atoms with E-state index in [0.29, 0.717) is 30.5 Å². The molecule has 0 aromatic heterocycles. The summed E-state index contributed by atoms with van der Waals surface area (Å²) in [4.78, 5) is 23.9. The van der Waals surface area contributed by atoms with E-state index in [1.165, 1.54) is 28.6 Å². The minimum atomic E-state index is -3.82. The van der Waals surface area contributed by atoms with Crippen LogP contribution in [0, 0.1) is 5.92 Å². The molecule has 2 rings (SSSR count). The van der Waals surface area contributed by atoms with Gasteiger partial charge in [-0.1, -0.05) is 25.4 Å². The first-order valence-electron chi connectivity index (χ1n) is 9.17. The van der Waals surface area contributed by atoms with Gasteiger partial charge in [-0.05, 0) is 43.0 Å². The number of hydrogen-bond acceptors (Lipinski definition) is 5. The zero-order chi connectivity index (χ0) is 20.7. The summed E-state index contributed by atoms with van der Waals surface area (Å²) in [6.07, 6.45) is 0.409. The smallest absolute Gasteiger partial charge is 0.309 e. The van der Waals surface area contributed by atoms with Gasteiger partial charge >= 0.3 is 11.8 Å². The van der Waals surface area contributed by atoms with Crippen molar-refractivity contribution < 1.29 is 22.7 Å². The Bertz CT molecular complexity index is 783. The van der Waals surface area contributed by atoms with Crippen molar-refractivity contribution in [1.82, 2.24) is 14.9 Å². The molecular weight excluding hydrogens is 406 g/mol. The van der Waals surface area contributed by atoms with Crippen LogP contribution in [0.2, 0.25) is 5.02 Å². The third kappa shape index (κ3) is 6.16. The molecule has 1 fully saturated rings. The number of ether oxygens (including phenoxy) is 1. The summed E-state index contributed by atoms with van der Waals surface area (Å²) < 4.78 is 32.5. The number of rotatable bonds is 7. The van der Waals surface area contributed by atoms with Crippen molar-refractivity contribution in [3.8, 4) is 0 Å². The highest BCUT2D eigenvalue weighted by Gasteiger charge is 2.34. The standard InChI is InChI=1S/C18H26ClN3O5S/c1-13(2)8-9-20-17(23)18(24)21-12-16-22(10-3-11-27-16)28(25,26)15-6-4-14(19)5-7-15/h4-7,13,16H,3,8-12H2,1-2H3,(H,20,23)(H,21,24)/t16-/m0/s1. The number of nitrogens with zero attached hydrogens (tertiary/aromatic N) is 1. The first-order chi connectivity index (χ1) is 13.2. The Hall–Kier alpha value is -1.68. The predicted octanol–water partition coefficient (Wildman–Crippen LogP) is 1.36. The summed E-state index contributed by atoms with van der Waals surface area (Å²) in [5.74, 6) is -1.16. The highest BCUT2D eigenvalue weighted by Crippen LogP contribution is 2.23. The number of carbonyl (C=O) groups is 2. The number of amides is 2. The number of sulfonamides is 1. The largest absolute Gasteiger partial charge is 0.360 e. The van der Waals surface area contributed by atoms with Crippen molar-refractivity contribution in [3.05, 3.63) is 29.3 Å². The van der Waals surface area contributed by atoms with E-state index in [1.807, 2.05) is 13.8 Å². The monoisotopic (exact) mass is 431 g/mol. The molecule has 156 valence electrons. The van der Waals surface area contributed by atoms with Gasteiger partial charge in [-0.25, -0.2) is 8.42 Å². The minimum Gasteiger partial charge on any atom is -0.360 e. The summed E-state index contributed by atoms with van der Waals surface area (Å²) in [7, 11) is -3.82. The Kier molecular flexibility index (Phi) is 8.23. The van der Waals surface area contributed by atoms with Gasteiger partial charge in [0.15, 0.2) is 0 Å². The van der Waals surface area contributed by atoms with Gasteiger partial charge in [0.25, 0.3) is 0 Å². The molecule has 1 aromatic carbocycles. The molecule has 1 aliphatic rings. The Balaban J connectivity index is 1.98. The molecule has 0 spiro atoms. The van der Waals surface area contributed by atoms with Crippen LogP contribution in [0.15, 0.2) is 29.2 Å². The highest BCUT2D eigenvalue weighted by molar-refractivity contribution is 7.89. The molecule has 2 N–H and O–H groups in total. The van der Waals surface area contributed by atoms with Gasteiger partial charge in [-0.15, -0.1) is 0 Å². The lowest BCUT2D eigenvalue weighted by molar-refractivity contribution is -0.140. The van der Waals surface area contributed by atoms with E-state index in [9.17, 15) is 18.0 Å². The number of nitrogens with one attached hydrogen (secondary N) is 2. The fraction of sp³-hybridized carbons (Fsp3) is 0.556. The van der Waals surface area contributed by atoms with E-state index in [2.05, 4.69) is 10.6 Å². The van der Waals surface area contributed by atoms with Crippen molar-refractivity contribution in [2.45, 2.75) is 37.8 Å². The Morgan fingerprint density at radius 3 is 2.50 bits per heavy atom. The molecule has 1 saturated heterocycles. The third-order valence-electron chi connectivity index (χ3n) is 4.23. The Morgan fingerprint density at radius 2 is 1.86 bits per heavy atom. The fourth-order valence-corrected chi connectivity index (χ4v) is 4.35. The highest BCUT2D eigenvalue weighted by atomic mass is 35.5. The quantitative estimate of drug-likeness (QED) is 0.634. The fourth-order valence-electron chi connectivity index (χ4n) is 2.66. The normalized spacial score (nSPS) is 18.1. The lowest BCUT2D eigenvalue weighted by atomic mass is 10.1. The number of halogens is 1. The van der Waals surface area contributed by atoms with Crippen LogP contribution in [0.25, 0.3) is 0 Å². The van der Waals surface area contributed by atoms with Crippen molar-refractivity contribution in [3.63, 3.8) is 0 Å². The maximum absolute atomic E-state index is 12.9. The Labute approximate surface area is 170 Å². The maximum Gasteiger partial charge on any atom is 0.309 e. The SMILES string of the molecule is CC(C)CCNC(=O)C(=O)NC[C@@H]1OCCCN1S(=O)(=O)c1ccc(Cl)cc1. The molecule has 0 aliphatic carbocycles. The topological polar surface area (TPSA) is 105 Å².